The smallest absolute Gasteiger partial charge is 0.427 e. The van der Waals surface area contributed by atoms with Gasteiger partial charge in [-0.15, -0.1) is 0 Å². The second-order valence-electron chi connectivity index (χ2n) is 7.32. The van der Waals surface area contributed by atoms with E-state index in [0.29, 0.717) is 5.69 Å². The van der Waals surface area contributed by atoms with Crippen molar-refractivity contribution in [2.24, 2.45) is 0 Å². The lowest BCUT2D eigenvalue weighted by molar-refractivity contribution is -0.250. The molecule has 0 aliphatic rings. The number of halogens is 4. The van der Waals surface area contributed by atoms with Gasteiger partial charge in [0.2, 0.25) is 5.60 Å². The lowest BCUT2D eigenvalue weighted by atomic mass is 9.88. The maximum absolute atomic E-state index is 14.2. The molecule has 1 unspecified atom stereocenters. The Morgan fingerprint density at radius 3 is 2.44 bits per heavy atom. The van der Waals surface area contributed by atoms with E-state index in [-0.39, 0.29) is 20.9 Å². The van der Waals surface area contributed by atoms with Gasteiger partial charge in [0.05, 0.1) is 29.1 Å². The van der Waals surface area contributed by atoms with Crippen LogP contribution in [0.1, 0.15) is 21.6 Å². The van der Waals surface area contributed by atoms with Crippen LogP contribution in [0, 0.1) is 5.82 Å². The summed E-state index contributed by atoms with van der Waals surface area (Å²) in [6.45, 7) is 0. The number of benzene rings is 2. The number of aromatic nitrogens is 3. The molecule has 0 fully saturated rings. The number of esters is 1. The largest absolute Gasteiger partial charge is 0.465 e. The van der Waals surface area contributed by atoms with Gasteiger partial charge in [-0.2, -0.15) is 23.4 Å². The summed E-state index contributed by atoms with van der Waals surface area (Å²) in [5, 5.41) is 22.6. The summed E-state index contributed by atoms with van der Waals surface area (Å²) < 4.78 is 60.2. The van der Waals surface area contributed by atoms with E-state index in [1.54, 1.807) is 0 Å². The van der Waals surface area contributed by atoms with E-state index in [2.05, 4.69) is 30.6 Å². The van der Waals surface area contributed by atoms with Gasteiger partial charge in [0.15, 0.2) is 5.13 Å². The first kappa shape index (κ1) is 24.9. The molecule has 0 saturated carbocycles. The molecule has 9 nitrogen and oxygen atoms in total. The Balaban J connectivity index is 1.66. The first-order valence-corrected chi connectivity index (χ1v) is 10.8. The Labute approximate surface area is 203 Å². The molecule has 2 amide bonds. The predicted octanol–water partition coefficient (Wildman–Crippen LogP) is 4.45. The van der Waals surface area contributed by atoms with Crippen LogP contribution in [0.25, 0.3) is 10.2 Å². The zero-order valence-electron chi connectivity index (χ0n) is 18.1. The molecule has 1 atom stereocenters. The van der Waals surface area contributed by atoms with E-state index in [9.17, 15) is 32.3 Å². The van der Waals surface area contributed by atoms with Crippen molar-refractivity contribution in [2.45, 2.75) is 11.8 Å². The molecule has 0 spiro atoms. The third-order valence-corrected chi connectivity index (χ3v) is 5.92. The zero-order valence-corrected chi connectivity index (χ0v) is 18.9. The number of alkyl halides is 3. The minimum absolute atomic E-state index is 0.0600. The molecule has 2 heterocycles. The number of nitrogens with one attached hydrogen (secondary N) is 2. The molecule has 186 valence electrons. The molecule has 0 bridgehead atoms. The van der Waals surface area contributed by atoms with Gasteiger partial charge in [-0.05, 0) is 42.5 Å². The van der Waals surface area contributed by atoms with Crippen LogP contribution in [0.3, 0.4) is 0 Å². The molecule has 0 saturated heterocycles. The molecule has 0 aliphatic carbocycles. The quantitative estimate of drug-likeness (QED) is 0.262. The average Bonchev–Trinajstić information content (AvgIpc) is 3.25. The molecule has 3 N–H and O–H groups in total. The SMILES string of the molecule is COC(=O)c1cnnc(C(O)(c2ccc3nc(NC(=O)Nc4ccc(F)cc4)sc3c2)C(F)(F)F)c1. The highest BCUT2D eigenvalue weighted by molar-refractivity contribution is 7.22. The number of anilines is 2. The number of fused-ring (bicyclic) bond motifs is 1. The van der Waals surface area contributed by atoms with E-state index < -0.39 is 40.9 Å². The Bertz CT molecular complexity index is 1440. The maximum atomic E-state index is 14.2. The third kappa shape index (κ3) is 4.81. The molecule has 4 aromatic rings. The summed E-state index contributed by atoms with van der Waals surface area (Å²) >= 11 is 0.855. The molecule has 14 heteroatoms. The molecule has 0 aliphatic heterocycles. The van der Waals surface area contributed by atoms with Crippen LogP contribution >= 0.6 is 11.3 Å². The molecule has 4 rings (SSSR count). The van der Waals surface area contributed by atoms with Crippen molar-refractivity contribution in [3.63, 3.8) is 0 Å². The van der Waals surface area contributed by atoms with Crippen LogP contribution in [-0.4, -0.2) is 45.6 Å². The Hall–Kier alpha value is -4.17. The minimum atomic E-state index is -5.25. The van der Waals surface area contributed by atoms with E-state index in [1.807, 2.05) is 0 Å². The Kier molecular flexibility index (Phi) is 6.56. The van der Waals surface area contributed by atoms with Crippen molar-refractivity contribution < 1.29 is 37.0 Å². The van der Waals surface area contributed by atoms with Crippen molar-refractivity contribution in [3.05, 3.63) is 77.4 Å². The highest BCUT2D eigenvalue weighted by Gasteiger charge is 2.58. The monoisotopic (exact) mass is 521 g/mol. The van der Waals surface area contributed by atoms with Crippen LogP contribution in [-0.2, 0) is 10.3 Å². The van der Waals surface area contributed by atoms with E-state index >= 15 is 0 Å². The van der Waals surface area contributed by atoms with Crippen molar-refractivity contribution in [1.82, 2.24) is 15.2 Å². The van der Waals surface area contributed by atoms with Gasteiger partial charge in [0.1, 0.15) is 11.5 Å². The second kappa shape index (κ2) is 9.47. The van der Waals surface area contributed by atoms with Crippen molar-refractivity contribution >= 4 is 44.4 Å². The van der Waals surface area contributed by atoms with Gasteiger partial charge in [0, 0.05) is 11.3 Å². The Morgan fingerprint density at radius 1 is 1.06 bits per heavy atom. The zero-order chi connectivity index (χ0) is 26.1. The number of ether oxygens (including phenoxy) is 1. The van der Waals surface area contributed by atoms with Crippen LogP contribution in [0.4, 0.5) is 33.2 Å². The summed E-state index contributed by atoms with van der Waals surface area (Å²) in [6.07, 6.45) is -4.33. The van der Waals surface area contributed by atoms with Crippen LogP contribution in [0.15, 0.2) is 54.7 Å². The number of urea groups is 1. The molecule has 0 radical (unpaired) electrons. The summed E-state index contributed by atoms with van der Waals surface area (Å²) in [5.74, 6) is -1.44. The fraction of sp³-hybridized carbons (Fsp3) is 0.136. The molecule has 2 aromatic heterocycles. The van der Waals surface area contributed by atoms with E-state index in [1.165, 1.54) is 18.2 Å². The lowest BCUT2D eigenvalue weighted by Gasteiger charge is -2.30. The first-order valence-electron chi connectivity index (χ1n) is 9.96. The van der Waals surface area contributed by atoms with Crippen molar-refractivity contribution in [2.75, 3.05) is 17.7 Å². The number of aliphatic hydroxyl groups is 1. The number of carbonyl (C=O) groups is 2. The van der Waals surface area contributed by atoms with Crippen molar-refractivity contribution in [1.29, 1.82) is 0 Å². The number of carbonyl (C=O) groups excluding carboxylic acids is 2. The predicted molar refractivity (Wildman–Crippen MR) is 121 cm³/mol. The molecular weight excluding hydrogens is 506 g/mol. The molecule has 2 aromatic carbocycles. The fourth-order valence-electron chi connectivity index (χ4n) is 3.23. The average molecular weight is 521 g/mol. The second-order valence-corrected chi connectivity index (χ2v) is 8.35. The number of nitrogens with zero attached hydrogens (tertiary/aromatic N) is 3. The summed E-state index contributed by atoms with van der Waals surface area (Å²) in [4.78, 5) is 28.1. The number of hydrogen-bond acceptors (Lipinski definition) is 8. The number of methoxy groups -OCH3 is 1. The van der Waals surface area contributed by atoms with Gasteiger partial charge in [-0.25, -0.2) is 19.0 Å². The normalized spacial score (nSPS) is 13.2. The number of thiazole rings is 1. The minimum Gasteiger partial charge on any atom is -0.465 e. The van der Waals surface area contributed by atoms with Gasteiger partial charge < -0.3 is 15.2 Å². The van der Waals surface area contributed by atoms with E-state index in [4.69, 9.17) is 0 Å². The maximum Gasteiger partial charge on any atom is 0.427 e. The summed E-state index contributed by atoms with van der Waals surface area (Å²) in [6, 6.07) is 8.33. The first-order chi connectivity index (χ1) is 17.0. The Morgan fingerprint density at radius 2 is 1.78 bits per heavy atom. The van der Waals surface area contributed by atoms with Gasteiger partial charge in [-0.3, -0.25) is 5.32 Å². The van der Waals surface area contributed by atoms with Gasteiger partial charge in [0.25, 0.3) is 0 Å². The van der Waals surface area contributed by atoms with Gasteiger partial charge >= 0.3 is 18.2 Å². The fourth-order valence-corrected chi connectivity index (χ4v) is 4.13. The van der Waals surface area contributed by atoms with Gasteiger partial charge in [-0.1, -0.05) is 17.4 Å². The summed E-state index contributed by atoms with van der Waals surface area (Å²) in [7, 11) is 1.04. The highest BCUT2D eigenvalue weighted by Crippen LogP contribution is 2.44. The van der Waals surface area contributed by atoms with Crippen LogP contribution < -0.4 is 10.6 Å². The van der Waals surface area contributed by atoms with E-state index in [0.717, 1.165) is 55.0 Å². The molecule has 36 heavy (non-hydrogen) atoms. The lowest BCUT2D eigenvalue weighted by Crippen LogP contribution is -2.44. The molecular formula is C22H15F4N5O4S. The van der Waals surface area contributed by atoms with Crippen molar-refractivity contribution in [3.8, 4) is 0 Å². The number of hydrogen-bond donors (Lipinski definition) is 3. The van der Waals surface area contributed by atoms with Crippen LogP contribution in [0.2, 0.25) is 0 Å². The standard InChI is InChI=1S/C22H15F4N5O4S/c1-35-18(32)11-8-17(31-27-10-11)21(34,22(24,25)26)12-2-7-15-16(9-12)36-20(29-15)30-19(33)28-14-5-3-13(23)4-6-14/h2-10,34H,1H3,(H2,28,29,30,33). The summed E-state index contributed by atoms with van der Waals surface area (Å²) in [5.41, 5.74) is -4.93. The highest BCUT2D eigenvalue weighted by atomic mass is 32.1. The van der Waals surface area contributed by atoms with Crippen LogP contribution in [0.5, 0.6) is 0 Å². The third-order valence-electron chi connectivity index (χ3n) is 4.99. The number of amides is 2. The number of rotatable bonds is 5. The topological polar surface area (TPSA) is 126 Å².